The van der Waals surface area contributed by atoms with E-state index in [9.17, 15) is 14.3 Å². The van der Waals surface area contributed by atoms with E-state index in [2.05, 4.69) is 0 Å². The molecule has 2 saturated heterocycles. The molecule has 0 aromatic heterocycles. The van der Waals surface area contributed by atoms with Crippen LogP contribution in [0.4, 0.5) is 18.9 Å². The fraction of sp³-hybridized carbons (Fsp3) is 0.286. The summed E-state index contributed by atoms with van der Waals surface area (Å²) in [6.07, 6.45) is -2.96. The van der Waals surface area contributed by atoms with Crippen molar-refractivity contribution in [2.75, 3.05) is 30.9 Å². The second kappa shape index (κ2) is 8.11. The van der Waals surface area contributed by atoms with Crippen molar-refractivity contribution in [2.24, 2.45) is 5.89 Å². The Bertz CT molecular complexity index is 2080. The van der Waals surface area contributed by atoms with Gasteiger partial charge in [0.2, 0.25) is 5.36 Å². The molecule has 184 valence electrons. The second-order valence-electron chi connectivity index (χ2n) is 8.33. The van der Waals surface area contributed by atoms with Crippen LogP contribution >= 0.6 is 0 Å². The molecule has 2 aromatic carbocycles. The van der Waals surface area contributed by atoms with Gasteiger partial charge in [0.15, 0.2) is 11.6 Å². The average molecular weight is 505 g/mol. The SMILES string of the molecule is [2H]C1([2H])N(c2ccc3c(-c4c(F)c(C)c(F)c(F)c4C(=O)O)c4ccc(=[N+]5C([2H])([2H])C([2H])([2H])C5([2H])[2H])cc-4oc3c2)C([2H])([2H])C1([2H])C. The Balaban J connectivity index is 1.76. The van der Waals surface area contributed by atoms with Gasteiger partial charge in [0.25, 0.3) is 0 Å². The molecule has 3 heterocycles. The van der Waals surface area contributed by atoms with Crippen LogP contribution in [0.5, 0.6) is 0 Å². The van der Waals surface area contributed by atoms with Crippen molar-refractivity contribution in [3.8, 4) is 22.5 Å². The first-order valence-electron chi connectivity index (χ1n) is 16.2. The molecule has 0 saturated carbocycles. The number of benzene rings is 3. The molecule has 8 heteroatoms. The van der Waals surface area contributed by atoms with Crippen LogP contribution in [-0.4, -0.2) is 37.1 Å². The van der Waals surface area contributed by atoms with Gasteiger partial charge in [0.1, 0.15) is 41.2 Å². The summed E-state index contributed by atoms with van der Waals surface area (Å²) in [4.78, 5) is 12.9. The monoisotopic (exact) mass is 504 g/mol. The molecule has 3 aliphatic heterocycles. The number of nitrogens with zero attached hydrogens (tertiary/aromatic N) is 2. The molecule has 4 aliphatic rings. The van der Waals surface area contributed by atoms with Gasteiger partial charge in [-0.3, -0.25) is 0 Å². The van der Waals surface area contributed by atoms with Crippen LogP contribution in [-0.2, 0) is 0 Å². The lowest BCUT2D eigenvalue weighted by Crippen LogP contribution is -2.45. The lowest BCUT2D eigenvalue weighted by atomic mass is 9.88. The van der Waals surface area contributed by atoms with Crippen LogP contribution in [0.15, 0.2) is 40.8 Å². The quantitative estimate of drug-likeness (QED) is 0.235. The topological polar surface area (TPSA) is 56.7 Å². The van der Waals surface area contributed by atoms with Crippen molar-refractivity contribution >= 4 is 22.6 Å². The van der Waals surface area contributed by atoms with E-state index in [0.29, 0.717) is 9.48 Å². The Morgan fingerprint density at radius 2 is 1.86 bits per heavy atom. The molecule has 0 radical (unpaired) electrons. The smallest absolute Gasteiger partial charge is 0.339 e. The van der Waals surface area contributed by atoms with Gasteiger partial charge in [-0.2, -0.15) is 0 Å². The fourth-order valence-corrected chi connectivity index (χ4v) is 4.33. The minimum absolute atomic E-state index is 0.109. The number of hydrogen-bond donors (Lipinski definition) is 1. The highest BCUT2D eigenvalue weighted by molar-refractivity contribution is 6.08. The fourth-order valence-electron chi connectivity index (χ4n) is 4.33. The number of aromatic carboxylic acids is 1. The van der Waals surface area contributed by atoms with E-state index in [1.807, 2.05) is 0 Å². The Labute approximate surface area is 220 Å². The molecule has 6 rings (SSSR count). The Morgan fingerprint density at radius 3 is 2.58 bits per heavy atom. The van der Waals surface area contributed by atoms with Crippen molar-refractivity contribution < 1.29 is 42.6 Å². The van der Waals surface area contributed by atoms with Gasteiger partial charge in [-0.25, -0.2) is 22.5 Å². The highest BCUT2D eigenvalue weighted by Gasteiger charge is 2.32. The maximum atomic E-state index is 15.9. The minimum atomic E-state index is -2.96. The van der Waals surface area contributed by atoms with E-state index in [1.54, 1.807) is 0 Å². The minimum Gasteiger partial charge on any atom is -0.478 e. The molecule has 2 aromatic rings. The molecular weight excluding hydrogens is 469 g/mol. The molecule has 5 nitrogen and oxygen atoms in total. The van der Waals surface area contributed by atoms with Gasteiger partial charge in [0.05, 0.1) is 12.4 Å². The Kier molecular flexibility index (Phi) is 3.04. The van der Waals surface area contributed by atoms with Gasteiger partial charge in [-0.1, -0.05) is 6.92 Å². The van der Waals surface area contributed by atoms with Crippen LogP contribution in [0.2, 0.25) is 0 Å². The summed E-state index contributed by atoms with van der Waals surface area (Å²) < 4.78 is 142. The Morgan fingerprint density at radius 1 is 1.11 bits per heavy atom. The van der Waals surface area contributed by atoms with Crippen LogP contribution in [0.25, 0.3) is 33.4 Å². The summed E-state index contributed by atoms with van der Waals surface area (Å²) in [6, 6.07) is 6.87. The third-order valence-electron chi connectivity index (χ3n) is 6.10. The molecule has 1 N–H and O–H groups in total. The van der Waals surface area contributed by atoms with Crippen LogP contribution < -0.4 is 14.8 Å². The largest absolute Gasteiger partial charge is 0.478 e. The van der Waals surface area contributed by atoms with E-state index in [4.69, 9.17) is 19.5 Å². The molecule has 2 fully saturated rings. The van der Waals surface area contributed by atoms with E-state index in [-0.39, 0.29) is 38.9 Å². The van der Waals surface area contributed by atoms with Crippen molar-refractivity contribution in [2.45, 2.75) is 20.2 Å². The van der Waals surface area contributed by atoms with Crippen LogP contribution in [0, 0.1) is 30.3 Å². The summed E-state index contributed by atoms with van der Waals surface area (Å²) in [7, 11) is 0. The molecule has 0 amide bonds. The molecule has 0 atom stereocenters. The van der Waals surface area contributed by atoms with Gasteiger partial charge < -0.3 is 14.4 Å². The summed E-state index contributed by atoms with van der Waals surface area (Å²) in [6.45, 7) is -8.87. The highest BCUT2D eigenvalue weighted by atomic mass is 19.2. The summed E-state index contributed by atoms with van der Waals surface area (Å²) >= 11 is 0. The van der Waals surface area contributed by atoms with E-state index < -0.39 is 78.4 Å². The zero-order valence-corrected chi connectivity index (χ0v) is 18.8. The first kappa shape index (κ1) is 13.5. The first-order valence-corrected chi connectivity index (χ1v) is 10.7. The van der Waals surface area contributed by atoms with Crippen LogP contribution in [0.3, 0.4) is 0 Å². The number of fused-ring (bicyclic) bond motifs is 2. The molecule has 0 spiro atoms. The van der Waals surface area contributed by atoms with Gasteiger partial charge in [-0.15, -0.1) is 0 Å². The number of rotatable bonds is 3. The molecule has 1 aliphatic carbocycles. The van der Waals surface area contributed by atoms with Crippen molar-refractivity contribution in [1.29, 1.82) is 0 Å². The third-order valence-corrected chi connectivity index (χ3v) is 6.10. The van der Waals surface area contributed by atoms with E-state index in [0.717, 1.165) is 38.1 Å². The maximum Gasteiger partial charge on any atom is 0.339 e. The van der Waals surface area contributed by atoms with Gasteiger partial charge in [-0.05, 0) is 31.0 Å². The molecule has 36 heavy (non-hydrogen) atoms. The number of carboxylic acid groups (broad SMARTS) is 1. The first-order chi connectivity index (χ1) is 21.4. The van der Waals surface area contributed by atoms with Gasteiger partial charge in [0, 0.05) is 68.0 Å². The van der Waals surface area contributed by atoms with Gasteiger partial charge >= 0.3 is 5.97 Å². The Hall–Kier alpha value is -3.81. The molecular formula is C28H24F3N2O3+. The normalized spacial score (nSPS) is 28.3. The van der Waals surface area contributed by atoms with Crippen molar-refractivity contribution in [3.05, 3.63) is 70.3 Å². The van der Waals surface area contributed by atoms with Crippen molar-refractivity contribution in [3.63, 3.8) is 0 Å². The molecule has 0 unspecified atom stereocenters. The second-order valence-corrected chi connectivity index (χ2v) is 8.33. The number of anilines is 1. The van der Waals surface area contributed by atoms with E-state index in [1.165, 1.54) is 12.1 Å². The summed E-state index contributed by atoms with van der Waals surface area (Å²) in [5.41, 5.74) is -4.02. The van der Waals surface area contributed by atoms with E-state index >= 15 is 8.78 Å². The lowest BCUT2D eigenvalue weighted by molar-refractivity contribution is 0.0691. The predicted octanol–water partition coefficient (Wildman–Crippen LogP) is 5.26. The maximum absolute atomic E-state index is 15.9. The number of halogens is 3. The zero-order chi connectivity index (χ0) is 35.2. The van der Waals surface area contributed by atoms with Crippen LogP contribution in [0.1, 0.15) is 44.3 Å². The number of carboxylic acids is 1. The number of carbonyl (C=O) groups is 1. The summed E-state index contributed by atoms with van der Waals surface area (Å²) in [5.74, 6) is -9.58. The standard InChI is InChI=1S/C28H23F3N2O3/c1-14-12-33(13-14)17-5-7-19-21(11-17)36-20-10-16(32-8-3-9-32)4-6-18(20)22(19)23-24(28(34)35)27(31)26(30)15(2)25(23)29/h4-7,10-11,14H,3,8-9,12-13H2,1-2H3/p+1/i3D2,8D2,9D2,12D2,13D2,14D. The summed E-state index contributed by atoms with van der Waals surface area (Å²) in [5, 5.41) is 9.54. The predicted molar refractivity (Wildman–Crippen MR) is 131 cm³/mol. The lowest BCUT2D eigenvalue weighted by Gasteiger charge is -2.39. The zero-order valence-electron chi connectivity index (χ0n) is 29.8. The molecule has 0 bridgehead atoms. The highest BCUT2D eigenvalue weighted by Crippen LogP contribution is 2.45. The van der Waals surface area contributed by atoms with Crippen molar-refractivity contribution in [1.82, 2.24) is 4.58 Å². The average Bonchev–Trinajstić information content (AvgIpc) is 2.95. The third kappa shape index (κ3) is 3.31. The number of hydrogen-bond acceptors (Lipinski definition) is 3.